The zero-order valence-electron chi connectivity index (χ0n) is 10.6. The number of aliphatic hydroxyl groups is 1. The molecule has 1 aromatic heterocycles. The summed E-state index contributed by atoms with van der Waals surface area (Å²) in [6.07, 6.45) is 5.35. The molecule has 1 heterocycles. The summed E-state index contributed by atoms with van der Waals surface area (Å²) in [5.74, 6) is 0. The van der Waals surface area contributed by atoms with Gasteiger partial charge in [0, 0.05) is 12.6 Å². The van der Waals surface area contributed by atoms with E-state index >= 15 is 0 Å². The van der Waals surface area contributed by atoms with Crippen LogP contribution in [0.15, 0.2) is 36.5 Å². The number of aromatic nitrogens is 1. The lowest BCUT2D eigenvalue weighted by Crippen LogP contribution is -2.02. The minimum Gasteiger partial charge on any atom is -0.388 e. The van der Waals surface area contributed by atoms with Crippen molar-refractivity contribution in [3.05, 3.63) is 63.9 Å². The number of aliphatic hydroxyl groups excluding tert-OH is 1. The second kappa shape index (κ2) is 5.32. The third-order valence-electron chi connectivity index (χ3n) is 3.73. The number of hydrogen-bond acceptors (Lipinski definition) is 2. The Bertz CT molecular complexity index is 580. The Morgan fingerprint density at radius 1 is 1.16 bits per heavy atom. The second-order valence-electron chi connectivity index (χ2n) is 5.09. The number of halogens is 1. The maximum absolute atomic E-state index is 10.2. The highest BCUT2D eigenvalue weighted by molar-refractivity contribution is 6.29. The van der Waals surface area contributed by atoms with Gasteiger partial charge in [0.2, 0.25) is 0 Å². The van der Waals surface area contributed by atoms with E-state index in [9.17, 15) is 5.11 Å². The van der Waals surface area contributed by atoms with E-state index in [0.29, 0.717) is 11.6 Å². The molecule has 1 atom stereocenters. The molecule has 1 aliphatic rings. The van der Waals surface area contributed by atoms with Crippen LogP contribution in [0, 0.1) is 0 Å². The fourth-order valence-corrected chi connectivity index (χ4v) is 2.79. The van der Waals surface area contributed by atoms with E-state index in [-0.39, 0.29) is 0 Å². The highest BCUT2D eigenvalue weighted by Crippen LogP contribution is 2.25. The number of benzene rings is 1. The molecule has 0 fully saturated rings. The highest BCUT2D eigenvalue weighted by atomic mass is 35.5. The molecule has 0 amide bonds. The molecule has 0 radical (unpaired) electrons. The first-order valence-electron chi connectivity index (χ1n) is 6.62. The highest BCUT2D eigenvalue weighted by Gasteiger charge is 2.13. The van der Waals surface area contributed by atoms with Crippen LogP contribution in [0.25, 0.3) is 0 Å². The van der Waals surface area contributed by atoms with Gasteiger partial charge in [-0.15, -0.1) is 0 Å². The van der Waals surface area contributed by atoms with Gasteiger partial charge < -0.3 is 5.11 Å². The van der Waals surface area contributed by atoms with Gasteiger partial charge in [0.15, 0.2) is 0 Å². The van der Waals surface area contributed by atoms with E-state index in [1.807, 2.05) is 6.07 Å². The van der Waals surface area contributed by atoms with Crippen LogP contribution in [-0.2, 0) is 19.3 Å². The molecule has 3 rings (SSSR count). The van der Waals surface area contributed by atoms with Crippen molar-refractivity contribution in [2.45, 2.75) is 31.8 Å². The summed E-state index contributed by atoms with van der Waals surface area (Å²) in [5.41, 5.74) is 4.90. The van der Waals surface area contributed by atoms with Crippen LogP contribution in [0.2, 0.25) is 5.15 Å². The van der Waals surface area contributed by atoms with E-state index in [2.05, 4.69) is 23.2 Å². The van der Waals surface area contributed by atoms with Crippen LogP contribution in [0.4, 0.5) is 0 Å². The Labute approximate surface area is 118 Å². The first-order valence-corrected chi connectivity index (χ1v) is 7.00. The predicted molar refractivity (Wildman–Crippen MR) is 76.4 cm³/mol. The average Bonchev–Trinajstić information content (AvgIpc) is 2.87. The topological polar surface area (TPSA) is 33.1 Å². The molecule has 1 aromatic carbocycles. The van der Waals surface area contributed by atoms with Gasteiger partial charge in [0.1, 0.15) is 5.15 Å². The number of hydrogen-bond donors (Lipinski definition) is 1. The molecule has 98 valence electrons. The van der Waals surface area contributed by atoms with Gasteiger partial charge in [-0.1, -0.05) is 35.9 Å². The lowest BCUT2D eigenvalue weighted by molar-refractivity contribution is 0.178. The summed E-state index contributed by atoms with van der Waals surface area (Å²) in [6.45, 7) is 0. The SMILES string of the molecule is OC(Cc1ccc2c(c1)CCC2)c1ccc(Cl)nc1. The van der Waals surface area contributed by atoms with E-state index < -0.39 is 6.10 Å². The first kappa shape index (κ1) is 12.6. The molecule has 1 aliphatic carbocycles. The summed E-state index contributed by atoms with van der Waals surface area (Å²) in [4.78, 5) is 4.01. The number of fused-ring (bicyclic) bond motifs is 1. The molecule has 19 heavy (non-hydrogen) atoms. The van der Waals surface area contributed by atoms with Crippen LogP contribution >= 0.6 is 11.6 Å². The van der Waals surface area contributed by atoms with Crippen LogP contribution < -0.4 is 0 Å². The van der Waals surface area contributed by atoms with Gasteiger partial charge in [-0.25, -0.2) is 4.98 Å². The molecule has 2 nitrogen and oxygen atoms in total. The zero-order chi connectivity index (χ0) is 13.2. The van der Waals surface area contributed by atoms with Crippen molar-refractivity contribution >= 4 is 11.6 Å². The Kier molecular flexibility index (Phi) is 3.54. The summed E-state index contributed by atoms with van der Waals surface area (Å²) in [6, 6.07) is 10.1. The number of rotatable bonds is 3. The quantitative estimate of drug-likeness (QED) is 0.869. The Hall–Kier alpha value is -1.38. The summed E-state index contributed by atoms with van der Waals surface area (Å²) in [5, 5.41) is 10.7. The minimum atomic E-state index is -0.524. The zero-order valence-corrected chi connectivity index (χ0v) is 11.4. The normalized spacial score (nSPS) is 15.3. The van der Waals surface area contributed by atoms with Gasteiger partial charge in [-0.2, -0.15) is 0 Å². The molecule has 1 N–H and O–H groups in total. The number of pyridine rings is 1. The van der Waals surface area contributed by atoms with Crippen molar-refractivity contribution in [1.29, 1.82) is 0 Å². The lowest BCUT2D eigenvalue weighted by Gasteiger charge is -2.12. The van der Waals surface area contributed by atoms with Crippen LogP contribution in [0.1, 0.15) is 34.8 Å². The van der Waals surface area contributed by atoms with Crippen molar-refractivity contribution in [2.24, 2.45) is 0 Å². The molecule has 0 bridgehead atoms. The molecule has 0 aliphatic heterocycles. The van der Waals surface area contributed by atoms with Crippen LogP contribution in [-0.4, -0.2) is 10.1 Å². The minimum absolute atomic E-state index is 0.452. The number of aryl methyl sites for hydroxylation is 2. The summed E-state index contributed by atoms with van der Waals surface area (Å²) in [7, 11) is 0. The van der Waals surface area contributed by atoms with E-state index in [0.717, 1.165) is 5.56 Å². The van der Waals surface area contributed by atoms with Gasteiger partial charge in [-0.05, 0) is 47.6 Å². The van der Waals surface area contributed by atoms with Crippen molar-refractivity contribution in [1.82, 2.24) is 4.98 Å². The molecular weight excluding hydrogens is 258 g/mol. The Morgan fingerprint density at radius 3 is 2.79 bits per heavy atom. The van der Waals surface area contributed by atoms with E-state index in [1.54, 1.807) is 12.3 Å². The smallest absolute Gasteiger partial charge is 0.129 e. The van der Waals surface area contributed by atoms with Crippen LogP contribution in [0.3, 0.4) is 0 Å². The summed E-state index contributed by atoms with van der Waals surface area (Å²) >= 11 is 5.75. The maximum Gasteiger partial charge on any atom is 0.129 e. The van der Waals surface area contributed by atoms with Crippen molar-refractivity contribution < 1.29 is 5.11 Å². The third kappa shape index (κ3) is 2.80. The third-order valence-corrected chi connectivity index (χ3v) is 3.95. The van der Waals surface area contributed by atoms with E-state index in [4.69, 9.17) is 11.6 Å². The predicted octanol–water partition coefficient (Wildman–Crippen LogP) is 3.50. The van der Waals surface area contributed by atoms with E-state index in [1.165, 1.54) is 36.0 Å². The largest absolute Gasteiger partial charge is 0.388 e. The lowest BCUT2D eigenvalue weighted by atomic mass is 9.99. The average molecular weight is 274 g/mol. The maximum atomic E-state index is 10.2. The standard InChI is InChI=1S/C16H16ClNO/c17-16-7-6-14(10-18-16)15(19)9-11-4-5-12-2-1-3-13(12)8-11/h4-8,10,15,19H,1-3,9H2. The Morgan fingerprint density at radius 2 is 2.00 bits per heavy atom. The monoisotopic (exact) mass is 273 g/mol. The van der Waals surface area contributed by atoms with Crippen molar-refractivity contribution in [3.63, 3.8) is 0 Å². The molecule has 0 saturated heterocycles. The fourth-order valence-electron chi connectivity index (χ4n) is 2.68. The first-order chi connectivity index (χ1) is 9.22. The molecule has 1 unspecified atom stereocenters. The molecule has 0 spiro atoms. The van der Waals surface area contributed by atoms with Crippen LogP contribution in [0.5, 0.6) is 0 Å². The molecule has 0 saturated carbocycles. The van der Waals surface area contributed by atoms with Gasteiger partial charge in [-0.3, -0.25) is 0 Å². The van der Waals surface area contributed by atoms with Gasteiger partial charge in [0.05, 0.1) is 6.10 Å². The molecule has 3 heteroatoms. The van der Waals surface area contributed by atoms with Gasteiger partial charge in [0.25, 0.3) is 0 Å². The van der Waals surface area contributed by atoms with Gasteiger partial charge >= 0.3 is 0 Å². The fraction of sp³-hybridized carbons (Fsp3) is 0.312. The van der Waals surface area contributed by atoms with Crippen molar-refractivity contribution in [2.75, 3.05) is 0 Å². The molecule has 2 aromatic rings. The number of nitrogens with zero attached hydrogens (tertiary/aromatic N) is 1. The van der Waals surface area contributed by atoms with Crippen molar-refractivity contribution in [3.8, 4) is 0 Å². The molecular formula is C16H16ClNO. The Balaban J connectivity index is 1.75. The summed E-state index contributed by atoms with van der Waals surface area (Å²) < 4.78 is 0. The second-order valence-corrected chi connectivity index (χ2v) is 5.48.